The number of urea groups is 1. The summed E-state index contributed by atoms with van der Waals surface area (Å²) in [5.74, 6) is -0.444. The highest BCUT2D eigenvalue weighted by molar-refractivity contribution is 6.04. The van der Waals surface area contributed by atoms with Crippen molar-refractivity contribution in [3.05, 3.63) is 70.5 Å². The average molecular weight is 336 g/mol. The highest BCUT2D eigenvalue weighted by atomic mass is 16.2. The maximum Gasteiger partial charge on any atom is 0.318 e. The molecule has 0 fully saturated rings. The van der Waals surface area contributed by atoms with E-state index in [0.29, 0.717) is 22.3 Å². The van der Waals surface area contributed by atoms with E-state index >= 15 is 0 Å². The average Bonchev–Trinajstić information content (AvgIpc) is 2.62. The Labute approximate surface area is 143 Å². The van der Waals surface area contributed by atoms with Crippen LogP contribution in [-0.4, -0.2) is 24.0 Å². The Morgan fingerprint density at radius 2 is 1.64 bits per heavy atom. The number of H-pyrrole nitrogens is 1. The molecule has 0 aliphatic heterocycles. The lowest BCUT2D eigenvalue weighted by atomic mass is 10.2. The van der Waals surface area contributed by atoms with Gasteiger partial charge in [0.25, 0.3) is 5.91 Å². The van der Waals surface area contributed by atoms with Gasteiger partial charge in [-0.1, -0.05) is 18.2 Å². The van der Waals surface area contributed by atoms with Gasteiger partial charge in [0, 0.05) is 35.4 Å². The number of amides is 3. The number of aromatic amines is 1. The summed E-state index contributed by atoms with van der Waals surface area (Å²) >= 11 is 0. The smallest absolute Gasteiger partial charge is 0.318 e. The Morgan fingerprint density at radius 3 is 2.40 bits per heavy atom. The molecule has 0 aliphatic rings. The molecule has 0 aliphatic carbocycles. The summed E-state index contributed by atoms with van der Waals surface area (Å²) in [4.78, 5) is 38.8. The number of hydrogen-bond donors (Lipinski definition) is 4. The van der Waals surface area contributed by atoms with Crippen molar-refractivity contribution in [1.29, 1.82) is 0 Å². The van der Waals surface area contributed by atoms with Crippen LogP contribution >= 0.6 is 0 Å². The van der Waals surface area contributed by atoms with Crippen molar-refractivity contribution >= 4 is 34.2 Å². The SMILES string of the molecule is CNC(=O)Nc1cccc(NC(=O)c2cc(=O)c3ccccc3[nH]2)c1. The second kappa shape index (κ2) is 6.88. The molecule has 3 rings (SSSR count). The third-order valence-electron chi connectivity index (χ3n) is 3.59. The van der Waals surface area contributed by atoms with E-state index in [1.165, 1.54) is 13.1 Å². The maximum absolute atomic E-state index is 12.4. The van der Waals surface area contributed by atoms with Gasteiger partial charge in [0.1, 0.15) is 5.69 Å². The molecule has 7 heteroatoms. The number of pyridine rings is 1. The Balaban J connectivity index is 1.84. The fourth-order valence-electron chi connectivity index (χ4n) is 2.39. The van der Waals surface area contributed by atoms with Crippen LogP contribution in [0, 0.1) is 0 Å². The zero-order valence-corrected chi connectivity index (χ0v) is 13.4. The Hall–Kier alpha value is -3.61. The molecule has 0 saturated heterocycles. The highest BCUT2D eigenvalue weighted by Gasteiger charge is 2.10. The number of carbonyl (C=O) groups excluding carboxylic acids is 2. The zero-order chi connectivity index (χ0) is 17.8. The van der Waals surface area contributed by atoms with Gasteiger partial charge in [-0.25, -0.2) is 4.79 Å². The van der Waals surface area contributed by atoms with Gasteiger partial charge < -0.3 is 20.9 Å². The fraction of sp³-hybridized carbons (Fsp3) is 0.0556. The number of hydrogen-bond acceptors (Lipinski definition) is 3. The van der Waals surface area contributed by atoms with Crippen molar-refractivity contribution in [3.8, 4) is 0 Å². The summed E-state index contributed by atoms with van der Waals surface area (Å²) in [6.07, 6.45) is 0. The molecule has 0 atom stereocenters. The van der Waals surface area contributed by atoms with Crippen LogP contribution in [-0.2, 0) is 0 Å². The Morgan fingerprint density at radius 1 is 0.920 bits per heavy atom. The molecule has 0 bridgehead atoms. The number of anilines is 2. The molecule has 3 aromatic rings. The van der Waals surface area contributed by atoms with Crippen molar-refractivity contribution in [2.24, 2.45) is 0 Å². The first kappa shape index (κ1) is 16.3. The van der Waals surface area contributed by atoms with Crippen molar-refractivity contribution in [3.63, 3.8) is 0 Å². The summed E-state index contributed by atoms with van der Waals surface area (Å²) in [7, 11) is 1.51. The highest BCUT2D eigenvalue weighted by Crippen LogP contribution is 2.16. The first-order chi connectivity index (χ1) is 12.1. The van der Waals surface area contributed by atoms with Gasteiger partial charge >= 0.3 is 6.03 Å². The molecule has 7 nitrogen and oxygen atoms in total. The predicted molar refractivity (Wildman–Crippen MR) is 97.0 cm³/mol. The van der Waals surface area contributed by atoms with Gasteiger partial charge in [-0.15, -0.1) is 0 Å². The van der Waals surface area contributed by atoms with Crippen LogP contribution in [0.2, 0.25) is 0 Å². The van der Waals surface area contributed by atoms with Gasteiger partial charge in [-0.05, 0) is 30.3 Å². The van der Waals surface area contributed by atoms with Gasteiger partial charge in [-0.2, -0.15) is 0 Å². The summed E-state index contributed by atoms with van der Waals surface area (Å²) in [5.41, 5.74) is 1.55. The van der Waals surface area contributed by atoms with Gasteiger partial charge in [-0.3, -0.25) is 9.59 Å². The third kappa shape index (κ3) is 3.66. The zero-order valence-electron chi connectivity index (χ0n) is 13.4. The molecule has 0 unspecified atom stereocenters. The van der Waals surface area contributed by atoms with Crippen LogP contribution in [0.4, 0.5) is 16.2 Å². The van der Waals surface area contributed by atoms with E-state index < -0.39 is 5.91 Å². The van der Waals surface area contributed by atoms with E-state index in [-0.39, 0.29) is 17.2 Å². The lowest BCUT2D eigenvalue weighted by Crippen LogP contribution is -2.24. The number of carbonyl (C=O) groups is 2. The van der Waals surface area contributed by atoms with Gasteiger partial charge in [0.2, 0.25) is 0 Å². The summed E-state index contributed by atoms with van der Waals surface area (Å²) in [6, 6.07) is 14.6. The van der Waals surface area contributed by atoms with Crippen molar-refractivity contribution in [2.75, 3.05) is 17.7 Å². The molecule has 2 aromatic carbocycles. The number of fused-ring (bicyclic) bond motifs is 1. The topological polar surface area (TPSA) is 103 Å². The second-order valence-electron chi connectivity index (χ2n) is 5.33. The van der Waals surface area contributed by atoms with E-state index in [2.05, 4.69) is 20.9 Å². The van der Waals surface area contributed by atoms with Gasteiger partial charge in [0.15, 0.2) is 5.43 Å². The minimum Gasteiger partial charge on any atom is -0.350 e. The van der Waals surface area contributed by atoms with Crippen LogP contribution in [0.3, 0.4) is 0 Å². The number of nitrogens with one attached hydrogen (secondary N) is 4. The molecular weight excluding hydrogens is 320 g/mol. The van der Waals surface area contributed by atoms with Crippen LogP contribution in [0.1, 0.15) is 10.5 Å². The van der Waals surface area contributed by atoms with E-state index in [4.69, 9.17) is 0 Å². The molecule has 3 amide bonds. The lowest BCUT2D eigenvalue weighted by Gasteiger charge is -2.09. The Kier molecular flexibility index (Phi) is 4.47. The number of benzene rings is 2. The van der Waals surface area contributed by atoms with Crippen molar-refractivity contribution < 1.29 is 9.59 Å². The molecule has 126 valence electrons. The third-order valence-corrected chi connectivity index (χ3v) is 3.59. The molecule has 1 aromatic heterocycles. The van der Waals surface area contributed by atoms with Crippen LogP contribution in [0.25, 0.3) is 10.9 Å². The van der Waals surface area contributed by atoms with Crippen molar-refractivity contribution in [1.82, 2.24) is 10.3 Å². The number of para-hydroxylation sites is 1. The minimum atomic E-state index is -0.444. The monoisotopic (exact) mass is 336 g/mol. The number of rotatable bonds is 3. The van der Waals surface area contributed by atoms with E-state index in [1.807, 2.05) is 0 Å². The summed E-state index contributed by atoms with van der Waals surface area (Å²) < 4.78 is 0. The van der Waals surface area contributed by atoms with E-state index in [0.717, 1.165) is 0 Å². The quantitative estimate of drug-likeness (QED) is 0.591. The molecule has 0 saturated carbocycles. The Bertz CT molecular complexity index is 1010. The maximum atomic E-state index is 12.4. The van der Waals surface area contributed by atoms with Crippen LogP contribution < -0.4 is 21.4 Å². The number of aromatic nitrogens is 1. The lowest BCUT2D eigenvalue weighted by molar-refractivity contribution is 0.102. The van der Waals surface area contributed by atoms with Crippen LogP contribution in [0.15, 0.2) is 59.4 Å². The van der Waals surface area contributed by atoms with E-state index in [1.54, 1.807) is 48.5 Å². The normalized spacial score (nSPS) is 10.3. The second-order valence-corrected chi connectivity index (χ2v) is 5.33. The van der Waals surface area contributed by atoms with Crippen LogP contribution in [0.5, 0.6) is 0 Å². The standard InChI is InChI=1S/C18H16N4O3/c1-19-18(25)21-12-6-4-5-11(9-12)20-17(24)15-10-16(23)13-7-2-3-8-14(13)22-15/h2-10H,1H3,(H,20,24)(H,22,23)(H2,19,21,25). The van der Waals surface area contributed by atoms with Crippen molar-refractivity contribution in [2.45, 2.75) is 0 Å². The largest absolute Gasteiger partial charge is 0.350 e. The molecule has 4 N–H and O–H groups in total. The fourth-order valence-corrected chi connectivity index (χ4v) is 2.39. The predicted octanol–water partition coefficient (Wildman–Crippen LogP) is 2.53. The molecule has 0 spiro atoms. The molecule has 25 heavy (non-hydrogen) atoms. The first-order valence-electron chi connectivity index (χ1n) is 7.59. The molecular formula is C18H16N4O3. The minimum absolute atomic E-state index is 0.161. The summed E-state index contributed by atoms with van der Waals surface area (Å²) in [5, 5.41) is 8.29. The molecule has 1 heterocycles. The van der Waals surface area contributed by atoms with Gasteiger partial charge in [0.05, 0.1) is 0 Å². The first-order valence-corrected chi connectivity index (χ1v) is 7.59. The summed E-state index contributed by atoms with van der Waals surface area (Å²) in [6.45, 7) is 0. The molecule has 0 radical (unpaired) electrons. The van der Waals surface area contributed by atoms with E-state index in [9.17, 15) is 14.4 Å².